The summed E-state index contributed by atoms with van der Waals surface area (Å²) in [4.78, 5) is 25.2. The van der Waals surface area contributed by atoms with Gasteiger partial charge in [0, 0.05) is 28.9 Å². The molecule has 4 aromatic rings. The average molecular weight is 496 g/mol. The predicted octanol–water partition coefficient (Wildman–Crippen LogP) is 6.76. The van der Waals surface area contributed by atoms with Crippen LogP contribution in [-0.2, 0) is 22.6 Å². The molecule has 1 amide bonds. The Morgan fingerprint density at radius 3 is 2.14 bits per heavy atom. The SMILES string of the molecule is Cc1ccc(-c2nc3c(c(SCC(=O)N(c4ccccc4)c4ccccc4)n2)COC(C)(C)C3)cc1. The molecule has 0 N–H and O–H groups in total. The fourth-order valence-corrected chi connectivity index (χ4v) is 5.15. The summed E-state index contributed by atoms with van der Waals surface area (Å²) in [6, 6.07) is 27.7. The third-order valence-corrected chi connectivity index (χ3v) is 7.18. The molecule has 2 heterocycles. The standard InChI is InChI=1S/C30H29N3O2S/c1-21-14-16-22(17-15-21)28-31-26-18-30(2,3)35-19-25(26)29(32-28)36-20-27(34)33(23-10-6-4-7-11-23)24-12-8-5-9-13-24/h4-17H,18-20H2,1-3H3. The summed E-state index contributed by atoms with van der Waals surface area (Å²) in [5.74, 6) is 0.910. The molecule has 0 radical (unpaired) electrons. The largest absolute Gasteiger partial charge is 0.370 e. The topological polar surface area (TPSA) is 55.3 Å². The molecule has 0 fully saturated rings. The number of anilines is 2. The maximum Gasteiger partial charge on any atom is 0.241 e. The van der Waals surface area contributed by atoms with Crippen molar-refractivity contribution in [3.8, 4) is 11.4 Å². The Kier molecular flexibility index (Phi) is 6.90. The lowest BCUT2D eigenvalue weighted by atomic mass is 9.96. The Morgan fingerprint density at radius 2 is 1.53 bits per heavy atom. The van der Waals surface area contributed by atoms with Crippen LogP contribution in [0.25, 0.3) is 11.4 Å². The molecule has 0 bridgehead atoms. The number of aryl methyl sites for hydroxylation is 1. The van der Waals surface area contributed by atoms with E-state index in [1.54, 1.807) is 4.90 Å². The zero-order chi connectivity index (χ0) is 25.1. The van der Waals surface area contributed by atoms with Gasteiger partial charge in [-0.25, -0.2) is 9.97 Å². The van der Waals surface area contributed by atoms with E-state index in [0.717, 1.165) is 33.2 Å². The number of hydrogen-bond acceptors (Lipinski definition) is 5. The first-order valence-electron chi connectivity index (χ1n) is 12.1. The fraction of sp³-hybridized carbons (Fsp3) is 0.233. The van der Waals surface area contributed by atoms with Crippen LogP contribution in [0.15, 0.2) is 90.0 Å². The number of hydrogen-bond donors (Lipinski definition) is 0. The highest BCUT2D eigenvalue weighted by Crippen LogP contribution is 2.35. The van der Waals surface area contributed by atoms with Gasteiger partial charge in [-0.2, -0.15) is 0 Å². The van der Waals surface area contributed by atoms with E-state index in [0.29, 0.717) is 18.9 Å². The van der Waals surface area contributed by atoms with Crippen molar-refractivity contribution >= 4 is 29.0 Å². The third-order valence-electron chi connectivity index (χ3n) is 6.18. The zero-order valence-corrected chi connectivity index (χ0v) is 21.6. The van der Waals surface area contributed by atoms with Crippen molar-refractivity contribution in [2.75, 3.05) is 10.7 Å². The highest BCUT2D eigenvalue weighted by atomic mass is 32.2. The van der Waals surface area contributed by atoms with Crippen LogP contribution in [-0.4, -0.2) is 27.2 Å². The number of fused-ring (bicyclic) bond motifs is 1. The maximum absolute atomic E-state index is 13.6. The first kappa shape index (κ1) is 24.2. The van der Waals surface area contributed by atoms with Gasteiger partial charge in [-0.1, -0.05) is 78.0 Å². The second-order valence-electron chi connectivity index (χ2n) is 9.56. The van der Waals surface area contributed by atoms with Gasteiger partial charge in [0.2, 0.25) is 5.91 Å². The molecule has 3 aromatic carbocycles. The second-order valence-corrected chi connectivity index (χ2v) is 10.5. The van der Waals surface area contributed by atoms with Crippen LogP contribution in [0.4, 0.5) is 11.4 Å². The quantitative estimate of drug-likeness (QED) is 0.218. The normalized spacial score (nSPS) is 14.2. The lowest BCUT2D eigenvalue weighted by Crippen LogP contribution is -2.33. The molecule has 5 rings (SSSR count). The number of rotatable bonds is 6. The zero-order valence-electron chi connectivity index (χ0n) is 20.8. The van der Waals surface area contributed by atoms with E-state index >= 15 is 0 Å². The molecule has 0 saturated carbocycles. The van der Waals surface area contributed by atoms with Gasteiger partial charge < -0.3 is 4.74 Å². The number of amides is 1. The molecule has 1 aliphatic rings. The van der Waals surface area contributed by atoms with Gasteiger partial charge in [-0.05, 0) is 45.0 Å². The van der Waals surface area contributed by atoms with Crippen LogP contribution >= 0.6 is 11.8 Å². The molecule has 1 aromatic heterocycles. The summed E-state index contributed by atoms with van der Waals surface area (Å²) >= 11 is 1.45. The van der Waals surface area contributed by atoms with Crippen molar-refractivity contribution in [3.63, 3.8) is 0 Å². The molecule has 6 heteroatoms. The number of carbonyl (C=O) groups excluding carboxylic acids is 1. The molecule has 0 spiro atoms. The number of carbonyl (C=O) groups is 1. The molecule has 5 nitrogen and oxygen atoms in total. The Balaban J connectivity index is 1.47. The molecular formula is C30H29N3O2S. The van der Waals surface area contributed by atoms with Crippen molar-refractivity contribution in [2.24, 2.45) is 0 Å². The van der Waals surface area contributed by atoms with Crippen LogP contribution in [0.3, 0.4) is 0 Å². The number of nitrogens with zero attached hydrogens (tertiary/aromatic N) is 3. The smallest absolute Gasteiger partial charge is 0.241 e. The maximum atomic E-state index is 13.6. The molecule has 182 valence electrons. The van der Waals surface area contributed by atoms with E-state index in [9.17, 15) is 4.79 Å². The highest BCUT2D eigenvalue weighted by molar-refractivity contribution is 8.00. The van der Waals surface area contributed by atoms with Crippen LogP contribution in [0.2, 0.25) is 0 Å². The number of benzene rings is 3. The fourth-order valence-electron chi connectivity index (χ4n) is 4.26. The van der Waals surface area contributed by atoms with E-state index in [2.05, 4.69) is 32.9 Å². The van der Waals surface area contributed by atoms with Crippen LogP contribution in [0.5, 0.6) is 0 Å². The van der Waals surface area contributed by atoms with Crippen molar-refractivity contribution in [3.05, 3.63) is 102 Å². The molecule has 0 unspecified atom stereocenters. The van der Waals surface area contributed by atoms with Crippen molar-refractivity contribution in [1.82, 2.24) is 9.97 Å². The molecule has 1 aliphatic heterocycles. The summed E-state index contributed by atoms with van der Waals surface area (Å²) in [7, 11) is 0. The van der Waals surface area contributed by atoms with Gasteiger partial charge in [-0.15, -0.1) is 0 Å². The first-order valence-corrected chi connectivity index (χ1v) is 13.0. The van der Waals surface area contributed by atoms with Gasteiger partial charge >= 0.3 is 0 Å². The van der Waals surface area contributed by atoms with Gasteiger partial charge in [0.15, 0.2) is 5.82 Å². The lowest BCUT2D eigenvalue weighted by molar-refractivity contribution is -0.115. The van der Waals surface area contributed by atoms with Gasteiger partial charge in [0.25, 0.3) is 0 Å². The van der Waals surface area contributed by atoms with Gasteiger partial charge in [0.1, 0.15) is 5.03 Å². The summed E-state index contributed by atoms with van der Waals surface area (Å²) in [5.41, 5.74) is 5.52. The van der Waals surface area contributed by atoms with E-state index in [-0.39, 0.29) is 17.3 Å². The van der Waals surface area contributed by atoms with E-state index in [4.69, 9.17) is 14.7 Å². The van der Waals surface area contributed by atoms with E-state index in [1.807, 2.05) is 72.8 Å². The molecule has 0 saturated heterocycles. The predicted molar refractivity (Wildman–Crippen MR) is 146 cm³/mol. The minimum absolute atomic E-state index is 0.0151. The molecule has 0 aliphatic carbocycles. The number of ether oxygens (including phenoxy) is 1. The lowest BCUT2D eigenvalue weighted by Gasteiger charge is -2.32. The minimum atomic E-state index is -0.291. The Hall–Kier alpha value is -3.48. The number of thioether (sulfide) groups is 1. The average Bonchev–Trinajstić information content (AvgIpc) is 2.88. The Morgan fingerprint density at radius 1 is 0.917 bits per heavy atom. The van der Waals surface area contributed by atoms with E-state index in [1.165, 1.54) is 17.3 Å². The number of aromatic nitrogens is 2. The number of para-hydroxylation sites is 2. The summed E-state index contributed by atoms with van der Waals surface area (Å²) in [5, 5.41) is 0.806. The van der Waals surface area contributed by atoms with Crippen LogP contribution in [0.1, 0.15) is 30.7 Å². The molecular weight excluding hydrogens is 466 g/mol. The Bertz CT molecular complexity index is 1320. The van der Waals surface area contributed by atoms with Gasteiger partial charge in [0.05, 0.1) is 23.7 Å². The second kappa shape index (κ2) is 10.2. The monoisotopic (exact) mass is 495 g/mol. The molecule has 36 heavy (non-hydrogen) atoms. The summed E-state index contributed by atoms with van der Waals surface area (Å²) < 4.78 is 6.10. The minimum Gasteiger partial charge on any atom is -0.370 e. The first-order chi connectivity index (χ1) is 17.4. The summed E-state index contributed by atoms with van der Waals surface area (Å²) in [6.45, 7) is 6.67. The highest BCUT2D eigenvalue weighted by Gasteiger charge is 2.30. The Labute approximate surface area is 216 Å². The summed E-state index contributed by atoms with van der Waals surface area (Å²) in [6.07, 6.45) is 0.700. The van der Waals surface area contributed by atoms with Crippen molar-refractivity contribution < 1.29 is 9.53 Å². The van der Waals surface area contributed by atoms with Crippen LogP contribution < -0.4 is 4.90 Å². The van der Waals surface area contributed by atoms with E-state index < -0.39 is 0 Å². The van der Waals surface area contributed by atoms with Crippen molar-refractivity contribution in [1.29, 1.82) is 0 Å². The third kappa shape index (κ3) is 5.35. The van der Waals surface area contributed by atoms with Crippen molar-refractivity contribution in [2.45, 2.75) is 44.4 Å². The van der Waals surface area contributed by atoms with Crippen LogP contribution in [0, 0.1) is 6.92 Å². The van der Waals surface area contributed by atoms with Gasteiger partial charge in [-0.3, -0.25) is 9.69 Å². The molecule has 0 atom stereocenters.